The van der Waals surface area contributed by atoms with Gasteiger partial charge in [-0.1, -0.05) is 25.4 Å². The van der Waals surface area contributed by atoms with E-state index in [0.717, 1.165) is 36.4 Å². The van der Waals surface area contributed by atoms with Gasteiger partial charge in [0.1, 0.15) is 0 Å². The second-order valence-corrected chi connectivity index (χ2v) is 5.65. The van der Waals surface area contributed by atoms with E-state index in [1.165, 1.54) is 12.8 Å². The van der Waals surface area contributed by atoms with Crippen LogP contribution >= 0.6 is 0 Å². The molecular formula is C16H22N4O. The van der Waals surface area contributed by atoms with Gasteiger partial charge in [0.25, 0.3) is 0 Å². The Balaban J connectivity index is 1.83. The van der Waals surface area contributed by atoms with Gasteiger partial charge in [-0.3, -0.25) is 4.98 Å². The SMILES string of the molecule is CCc1cnccc1-c1noc(C2CC(CC)CCN2)n1. The maximum Gasteiger partial charge on any atom is 0.244 e. The van der Waals surface area contributed by atoms with Crippen LogP contribution in [-0.4, -0.2) is 21.7 Å². The molecule has 5 nitrogen and oxygen atoms in total. The molecule has 2 atom stereocenters. The molecule has 1 aliphatic heterocycles. The number of pyridine rings is 1. The van der Waals surface area contributed by atoms with Crippen LogP contribution in [-0.2, 0) is 6.42 Å². The van der Waals surface area contributed by atoms with Crippen LogP contribution in [0.1, 0.15) is 50.6 Å². The number of rotatable bonds is 4. The fraction of sp³-hybridized carbons (Fsp3) is 0.562. The summed E-state index contributed by atoms with van der Waals surface area (Å²) in [5.74, 6) is 2.13. The van der Waals surface area contributed by atoms with Crippen LogP contribution in [0.4, 0.5) is 0 Å². The molecule has 2 unspecified atom stereocenters. The van der Waals surface area contributed by atoms with Crippen LogP contribution in [0.15, 0.2) is 23.0 Å². The summed E-state index contributed by atoms with van der Waals surface area (Å²) >= 11 is 0. The Morgan fingerprint density at radius 2 is 2.29 bits per heavy atom. The van der Waals surface area contributed by atoms with Crippen molar-refractivity contribution < 1.29 is 4.52 Å². The zero-order valence-electron chi connectivity index (χ0n) is 12.7. The zero-order valence-corrected chi connectivity index (χ0v) is 12.7. The van der Waals surface area contributed by atoms with E-state index in [4.69, 9.17) is 4.52 Å². The minimum atomic E-state index is 0.192. The van der Waals surface area contributed by atoms with E-state index < -0.39 is 0 Å². The molecule has 21 heavy (non-hydrogen) atoms. The maximum atomic E-state index is 5.51. The summed E-state index contributed by atoms with van der Waals surface area (Å²) in [6.07, 6.45) is 8.08. The second kappa shape index (κ2) is 6.35. The van der Waals surface area contributed by atoms with Gasteiger partial charge in [-0.2, -0.15) is 4.98 Å². The van der Waals surface area contributed by atoms with Crippen LogP contribution in [0.2, 0.25) is 0 Å². The van der Waals surface area contributed by atoms with E-state index in [9.17, 15) is 0 Å². The molecule has 1 saturated heterocycles. The standard InChI is InChI=1S/C16H22N4O/c1-3-11-5-8-18-14(9-11)16-19-15(20-21-16)13-6-7-17-10-12(13)4-2/h6-7,10-11,14,18H,3-5,8-9H2,1-2H3. The lowest BCUT2D eigenvalue weighted by Gasteiger charge is -2.27. The average Bonchev–Trinajstić information content (AvgIpc) is 3.04. The number of hydrogen-bond acceptors (Lipinski definition) is 5. The van der Waals surface area contributed by atoms with Gasteiger partial charge in [0, 0.05) is 18.0 Å². The summed E-state index contributed by atoms with van der Waals surface area (Å²) in [6.45, 7) is 5.38. The first-order chi connectivity index (χ1) is 10.3. The second-order valence-electron chi connectivity index (χ2n) is 5.65. The van der Waals surface area contributed by atoms with Crippen molar-refractivity contribution in [1.82, 2.24) is 20.4 Å². The third-order valence-corrected chi connectivity index (χ3v) is 4.35. The average molecular weight is 286 g/mol. The predicted octanol–water partition coefficient (Wildman–Crippen LogP) is 3.14. The van der Waals surface area contributed by atoms with Gasteiger partial charge in [0.05, 0.1) is 6.04 Å². The van der Waals surface area contributed by atoms with Gasteiger partial charge in [0.15, 0.2) is 0 Å². The normalized spacial score (nSPS) is 22.4. The number of nitrogens with zero attached hydrogens (tertiary/aromatic N) is 3. The van der Waals surface area contributed by atoms with Crippen LogP contribution in [0.25, 0.3) is 11.4 Å². The molecule has 1 N–H and O–H groups in total. The third kappa shape index (κ3) is 2.97. The van der Waals surface area contributed by atoms with Crippen LogP contribution in [0.5, 0.6) is 0 Å². The van der Waals surface area contributed by atoms with Gasteiger partial charge < -0.3 is 9.84 Å². The number of aromatic nitrogens is 3. The predicted molar refractivity (Wildman–Crippen MR) is 80.7 cm³/mol. The Morgan fingerprint density at radius 3 is 3.10 bits per heavy atom. The van der Waals surface area contributed by atoms with Crippen molar-refractivity contribution in [3.8, 4) is 11.4 Å². The molecule has 0 saturated carbocycles. The highest BCUT2D eigenvalue weighted by atomic mass is 16.5. The first-order valence-electron chi connectivity index (χ1n) is 7.82. The molecule has 3 heterocycles. The largest absolute Gasteiger partial charge is 0.337 e. The topological polar surface area (TPSA) is 63.8 Å². The first kappa shape index (κ1) is 14.2. The van der Waals surface area contributed by atoms with Gasteiger partial charge in [-0.15, -0.1) is 0 Å². The molecule has 0 radical (unpaired) electrons. The van der Waals surface area contributed by atoms with Crippen molar-refractivity contribution in [3.63, 3.8) is 0 Å². The summed E-state index contributed by atoms with van der Waals surface area (Å²) in [6, 6.07) is 2.15. The van der Waals surface area contributed by atoms with Crippen LogP contribution in [0.3, 0.4) is 0 Å². The zero-order chi connectivity index (χ0) is 14.7. The quantitative estimate of drug-likeness (QED) is 0.935. The molecule has 0 amide bonds. The number of piperidine rings is 1. The molecule has 1 aliphatic rings. The molecule has 112 valence electrons. The van der Waals surface area contributed by atoms with Crippen molar-refractivity contribution in [2.24, 2.45) is 5.92 Å². The van der Waals surface area contributed by atoms with E-state index in [1.807, 2.05) is 12.3 Å². The van der Waals surface area contributed by atoms with E-state index in [-0.39, 0.29) is 6.04 Å². The molecule has 0 aliphatic carbocycles. The molecule has 0 aromatic carbocycles. The fourth-order valence-electron chi connectivity index (χ4n) is 2.97. The van der Waals surface area contributed by atoms with Crippen molar-refractivity contribution in [1.29, 1.82) is 0 Å². The van der Waals surface area contributed by atoms with Crippen molar-refractivity contribution in [2.45, 2.75) is 45.6 Å². The fourth-order valence-corrected chi connectivity index (χ4v) is 2.97. The Kier molecular flexibility index (Phi) is 4.29. The Bertz CT molecular complexity index is 595. The number of nitrogens with one attached hydrogen (secondary N) is 1. The minimum absolute atomic E-state index is 0.192. The first-order valence-corrected chi connectivity index (χ1v) is 7.82. The lowest BCUT2D eigenvalue weighted by Crippen LogP contribution is -2.31. The van der Waals surface area contributed by atoms with Crippen molar-refractivity contribution in [3.05, 3.63) is 29.9 Å². The molecule has 2 aromatic rings. The van der Waals surface area contributed by atoms with Gasteiger partial charge in [0.2, 0.25) is 11.7 Å². The molecule has 0 bridgehead atoms. The monoisotopic (exact) mass is 286 g/mol. The molecule has 3 rings (SSSR count). The summed E-state index contributed by atoms with van der Waals surface area (Å²) in [7, 11) is 0. The lowest BCUT2D eigenvalue weighted by molar-refractivity contribution is 0.246. The van der Waals surface area contributed by atoms with E-state index in [1.54, 1.807) is 6.20 Å². The van der Waals surface area contributed by atoms with Crippen LogP contribution < -0.4 is 5.32 Å². The molecular weight excluding hydrogens is 264 g/mol. The Morgan fingerprint density at radius 1 is 1.38 bits per heavy atom. The number of aryl methyl sites for hydroxylation is 1. The Labute approximate surface area is 125 Å². The van der Waals surface area contributed by atoms with Crippen LogP contribution in [0, 0.1) is 5.92 Å². The minimum Gasteiger partial charge on any atom is -0.337 e. The third-order valence-electron chi connectivity index (χ3n) is 4.35. The van der Waals surface area contributed by atoms with E-state index in [2.05, 4.69) is 34.3 Å². The van der Waals surface area contributed by atoms with Gasteiger partial charge in [-0.25, -0.2) is 0 Å². The molecule has 5 heteroatoms. The van der Waals surface area contributed by atoms with E-state index in [0.29, 0.717) is 11.7 Å². The van der Waals surface area contributed by atoms with Crippen molar-refractivity contribution >= 4 is 0 Å². The number of hydrogen-bond donors (Lipinski definition) is 1. The van der Waals surface area contributed by atoms with Crippen molar-refractivity contribution in [2.75, 3.05) is 6.54 Å². The summed E-state index contributed by atoms with van der Waals surface area (Å²) in [5.41, 5.74) is 2.17. The highest BCUT2D eigenvalue weighted by Crippen LogP contribution is 2.29. The smallest absolute Gasteiger partial charge is 0.244 e. The molecule has 1 fully saturated rings. The summed E-state index contributed by atoms with van der Waals surface area (Å²) in [4.78, 5) is 8.77. The summed E-state index contributed by atoms with van der Waals surface area (Å²) < 4.78 is 5.51. The highest BCUT2D eigenvalue weighted by molar-refractivity contribution is 5.58. The Hall–Kier alpha value is -1.75. The highest BCUT2D eigenvalue weighted by Gasteiger charge is 2.26. The van der Waals surface area contributed by atoms with Gasteiger partial charge >= 0.3 is 0 Å². The lowest BCUT2D eigenvalue weighted by atomic mass is 9.90. The maximum absolute atomic E-state index is 5.51. The van der Waals surface area contributed by atoms with E-state index >= 15 is 0 Å². The molecule has 0 spiro atoms. The summed E-state index contributed by atoms with van der Waals surface area (Å²) in [5, 5.41) is 7.65. The van der Waals surface area contributed by atoms with Gasteiger partial charge in [-0.05, 0) is 43.4 Å². The molecule has 2 aromatic heterocycles.